The highest BCUT2D eigenvalue weighted by Gasteiger charge is 2.17. The number of ether oxygens (including phenoxy) is 3. The molecular weight excluding hydrogens is 454 g/mol. The van der Waals surface area contributed by atoms with E-state index < -0.39 is 0 Å². The number of hydrogen-bond acceptors (Lipinski definition) is 5. The molecular formula is C30H31NO5. The van der Waals surface area contributed by atoms with Crippen LogP contribution in [0, 0.1) is 0 Å². The number of nitrogens with one attached hydrogen (secondary N) is 1. The molecule has 0 aliphatic rings. The van der Waals surface area contributed by atoms with Crippen molar-refractivity contribution in [2.75, 3.05) is 20.8 Å². The molecule has 4 rings (SSSR count). The van der Waals surface area contributed by atoms with Gasteiger partial charge in [0.25, 0.3) is 0 Å². The molecule has 6 heteroatoms. The van der Waals surface area contributed by atoms with E-state index in [1.807, 2.05) is 81.4 Å². The van der Waals surface area contributed by atoms with Gasteiger partial charge in [-0.1, -0.05) is 36.4 Å². The maximum Gasteiger partial charge on any atom is 0.244 e. The van der Waals surface area contributed by atoms with Gasteiger partial charge in [0.15, 0.2) is 11.5 Å². The van der Waals surface area contributed by atoms with Gasteiger partial charge in [0.2, 0.25) is 5.91 Å². The van der Waals surface area contributed by atoms with Gasteiger partial charge in [0.1, 0.15) is 11.3 Å². The summed E-state index contributed by atoms with van der Waals surface area (Å²) >= 11 is 0. The predicted octanol–water partition coefficient (Wildman–Crippen LogP) is 6.80. The number of benzene rings is 3. The van der Waals surface area contributed by atoms with Crippen LogP contribution in [-0.2, 0) is 4.79 Å². The molecule has 1 N–H and O–H groups in total. The number of carbonyl (C=O) groups excluding carboxylic acids is 1. The Hall–Kier alpha value is -4.19. The van der Waals surface area contributed by atoms with Crippen LogP contribution in [0.5, 0.6) is 17.2 Å². The van der Waals surface area contributed by atoms with Crippen LogP contribution in [0.25, 0.3) is 27.7 Å². The molecule has 0 aliphatic heterocycles. The average Bonchev–Trinajstić information content (AvgIpc) is 3.31. The Morgan fingerprint density at radius 2 is 1.75 bits per heavy atom. The first-order valence-corrected chi connectivity index (χ1v) is 11.9. The summed E-state index contributed by atoms with van der Waals surface area (Å²) in [7, 11) is 3.22. The summed E-state index contributed by atoms with van der Waals surface area (Å²) in [5.41, 5.74) is 5.20. The second-order valence-electron chi connectivity index (χ2n) is 8.46. The summed E-state index contributed by atoms with van der Waals surface area (Å²) in [6.45, 7) is 6.30. The van der Waals surface area contributed by atoms with Crippen LogP contribution in [0.3, 0.4) is 0 Å². The molecule has 0 radical (unpaired) electrons. The van der Waals surface area contributed by atoms with Gasteiger partial charge in [0, 0.05) is 28.7 Å². The molecule has 0 bridgehead atoms. The van der Waals surface area contributed by atoms with Crippen molar-refractivity contribution in [3.63, 3.8) is 0 Å². The minimum Gasteiger partial charge on any atom is -0.493 e. The fraction of sp³-hybridized carbons (Fsp3) is 0.233. The third-order valence-corrected chi connectivity index (χ3v) is 6.10. The average molecular weight is 486 g/mol. The van der Waals surface area contributed by atoms with Crippen LogP contribution in [0.15, 0.2) is 77.4 Å². The highest BCUT2D eigenvalue weighted by Crippen LogP contribution is 2.40. The Morgan fingerprint density at radius 1 is 1.00 bits per heavy atom. The zero-order valence-corrected chi connectivity index (χ0v) is 21.3. The number of rotatable bonds is 9. The molecule has 0 spiro atoms. The van der Waals surface area contributed by atoms with E-state index in [-0.39, 0.29) is 11.9 Å². The zero-order chi connectivity index (χ0) is 25.7. The molecule has 1 unspecified atom stereocenters. The van der Waals surface area contributed by atoms with Crippen molar-refractivity contribution in [3.05, 3.63) is 84.1 Å². The second-order valence-corrected chi connectivity index (χ2v) is 8.46. The first kappa shape index (κ1) is 24.9. The van der Waals surface area contributed by atoms with Gasteiger partial charge >= 0.3 is 0 Å². The minimum atomic E-state index is -0.168. The van der Waals surface area contributed by atoms with Crippen LogP contribution in [0.1, 0.15) is 37.9 Å². The van der Waals surface area contributed by atoms with Gasteiger partial charge in [-0.05, 0) is 55.7 Å². The summed E-state index contributed by atoms with van der Waals surface area (Å²) < 4.78 is 22.6. The van der Waals surface area contributed by atoms with E-state index in [1.165, 1.54) is 0 Å². The summed E-state index contributed by atoms with van der Waals surface area (Å²) in [4.78, 5) is 12.8. The smallest absolute Gasteiger partial charge is 0.244 e. The van der Waals surface area contributed by atoms with Crippen molar-refractivity contribution in [3.8, 4) is 28.4 Å². The van der Waals surface area contributed by atoms with Crippen LogP contribution < -0.4 is 19.5 Å². The molecule has 0 saturated carbocycles. The SMILES string of the molecule is CCOc1cc2occ(-c3ccc(OC)c(OC)c3)c2cc1/C(C)=C/C(=O)NC(C)c1ccccc1. The standard InChI is InChI=1S/C30H31NO5/c1-6-35-27-17-28-24(25(18-36-28)22-12-13-26(33-4)29(15-22)34-5)16-23(27)19(2)14-30(32)31-20(3)21-10-8-7-9-11-21/h7-18,20H,6H2,1-5H3,(H,31,32)/b19-14+. The number of carbonyl (C=O) groups is 1. The molecule has 1 aromatic heterocycles. The van der Waals surface area contributed by atoms with Crippen molar-refractivity contribution in [2.45, 2.75) is 26.8 Å². The molecule has 1 heterocycles. The van der Waals surface area contributed by atoms with Crippen molar-refractivity contribution in [2.24, 2.45) is 0 Å². The second kappa shape index (κ2) is 11.0. The van der Waals surface area contributed by atoms with E-state index in [9.17, 15) is 4.79 Å². The fourth-order valence-corrected chi connectivity index (χ4v) is 4.22. The monoisotopic (exact) mass is 485 g/mol. The molecule has 0 aliphatic carbocycles. The lowest BCUT2D eigenvalue weighted by atomic mass is 9.99. The summed E-state index contributed by atoms with van der Waals surface area (Å²) in [6.07, 6.45) is 3.33. The van der Waals surface area contributed by atoms with Crippen LogP contribution in [-0.4, -0.2) is 26.7 Å². The van der Waals surface area contributed by atoms with E-state index in [0.29, 0.717) is 29.4 Å². The summed E-state index contributed by atoms with van der Waals surface area (Å²) in [5, 5.41) is 3.95. The highest BCUT2D eigenvalue weighted by atomic mass is 16.5. The zero-order valence-electron chi connectivity index (χ0n) is 21.3. The molecule has 1 atom stereocenters. The van der Waals surface area contributed by atoms with Crippen molar-refractivity contribution in [1.82, 2.24) is 5.32 Å². The molecule has 186 valence electrons. The number of allylic oxidation sites excluding steroid dienone is 1. The molecule has 3 aromatic carbocycles. The number of methoxy groups -OCH3 is 2. The lowest BCUT2D eigenvalue weighted by Crippen LogP contribution is -2.24. The van der Waals surface area contributed by atoms with Gasteiger partial charge in [-0.15, -0.1) is 0 Å². The van der Waals surface area contributed by atoms with E-state index in [2.05, 4.69) is 5.32 Å². The first-order chi connectivity index (χ1) is 17.4. The van der Waals surface area contributed by atoms with Gasteiger partial charge in [-0.25, -0.2) is 0 Å². The largest absolute Gasteiger partial charge is 0.493 e. The number of amides is 1. The minimum absolute atomic E-state index is 0.109. The van der Waals surface area contributed by atoms with Gasteiger partial charge < -0.3 is 23.9 Å². The first-order valence-electron chi connectivity index (χ1n) is 11.9. The maximum atomic E-state index is 12.8. The van der Waals surface area contributed by atoms with Gasteiger partial charge in [-0.3, -0.25) is 4.79 Å². The van der Waals surface area contributed by atoms with Crippen molar-refractivity contribution >= 4 is 22.4 Å². The number of hydrogen-bond donors (Lipinski definition) is 1. The molecule has 0 fully saturated rings. The third-order valence-electron chi connectivity index (χ3n) is 6.10. The Bertz CT molecular complexity index is 1390. The van der Waals surface area contributed by atoms with Gasteiger partial charge in [0.05, 0.1) is 33.1 Å². The maximum absolute atomic E-state index is 12.8. The normalized spacial score (nSPS) is 12.3. The van der Waals surface area contributed by atoms with Crippen LogP contribution in [0.2, 0.25) is 0 Å². The molecule has 4 aromatic rings. The van der Waals surface area contributed by atoms with Crippen LogP contribution in [0.4, 0.5) is 0 Å². The topological polar surface area (TPSA) is 69.9 Å². The summed E-state index contributed by atoms with van der Waals surface area (Å²) in [5.74, 6) is 1.79. The summed E-state index contributed by atoms with van der Waals surface area (Å²) in [6, 6.07) is 19.4. The Balaban J connectivity index is 1.70. The lowest BCUT2D eigenvalue weighted by Gasteiger charge is -2.14. The molecule has 0 saturated heterocycles. The quantitative estimate of drug-likeness (QED) is 0.264. The Morgan fingerprint density at radius 3 is 2.44 bits per heavy atom. The van der Waals surface area contributed by atoms with E-state index in [1.54, 1.807) is 26.6 Å². The van der Waals surface area contributed by atoms with Gasteiger partial charge in [-0.2, -0.15) is 0 Å². The van der Waals surface area contributed by atoms with E-state index in [0.717, 1.165) is 33.2 Å². The van der Waals surface area contributed by atoms with Crippen molar-refractivity contribution < 1.29 is 23.4 Å². The van der Waals surface area contributed by atoms with Crippen molar-refractivity contribution in [1.29, 1.82) is 0 Å². The lowest BCUT2D eigenvalue weighted by molar-refractivity contribution is -0.117. The third kappa shape index (κ3) is 5.23. The van der Waals surface area contributed by atoms with Crippen LogP contribution >= 0.6 is 0 Å². The fourth-order valence-electron chi connectivity index (χ4n) is 4.22. The molecule has 6 nitrogen and oxygen atoms in total. The number of fused-ring (bicyclic) bond motifs is 1. The Labute approximate surface area is 211 Å². The number of furan rings is 1. The van der Waals surface area contributed by atoms with E-state index in [4.69, 9.17) is 18.6 Å². The Kier molecular flexibility index (Phi) is 7.64. The predicted molar refractivity (Wildman–Crippen MR) is 143 cm³/mol. The highest BCUT2D eigenvalue weighted by molar-refractivity contribution is 6.00. The molecule has 1 amide bonds. The molecule has 36 heavy (non-hydrogen) atoms. The van der Waals surface area contributed by atoms with E-state index >= 15 is 0 Å².